The molecule has 0 aliphatic rings. The second-order valence-corrected chi connectivity index (χ2v) is 5.41. The number of benzene rings is 1. The Hall–Kier alpha value is -2.14. The lowest BCUT2D eigenvalue weighted by molar-refractivity contribution is 0.791. The number of nitrogens with zero attached hydrogens (tertiary/aromatic N) is 2. The van der Waals surface area contributed by atoms with Crippen LogP contribution in [0.25, 0.3) is 10.9 Å². The quantitative estimate of drug-likeness (QED) is 0.786. The van der Waals surface area contributed by atoms with Crippen molar-refractivity contribution in [3.05, 3.63) is 69.2 Å². The van der Waals surface area contributed by atoms with Gasteiger partial charge in [-0.25, -0.2) is 0 Å². The highest BCUT2D eigenvalue weighted by Crippen LogP contribution is 2.17. The van der Waals surface area contributed by atoms with Crippen molar-refractivity contribution in [2.75, 3.05) is 5.73 Å². The Bertz CT molecular complexity index is 810. The summed E-state index contributed by atoms with van der Waals surface area (Å²) >= 11 is 3.23. The first-order chi connectivity index (χ1) is 9.65. The summed E-state index contributed by atoms with van der Waals surface area (Å²) in [5.74, 6) is 0. The highest BCUT2D eigenvalue weighted by Gasteiger charge is 2.05. The standard InChI is InChI=1S/C15H12BrN3O/c16-12-8-19(9-13(17)15(12)20)7-11-4-1-3-10-5-2-6-18-14(10)11/h1-6,8-9H,7,17H2. The van der Waals surface area contributed by atoms with Gasteiger partial charge in [0, 0.05) is 30.5 Å². The maximum absolute atomic E-state index is 11.6. The summed E-state index contributed by atoms with van der Waals surface area (Å²) in [7, 11) is 0. The van der Waals surface area contributed by atoms with Gasteiger partial charge >= 0.3 is 0 Å². The van der Waals surface area contributed by atoms with E-state index in [-0.39, 0.29) is 11.1 Å². The maximum Gasteiger partial charge on any atom is 0.218 e. The molecule has 0 spiro atoms. The Morgan fingerprint density at radius 2 is 2.00 bits per heavy atom. The van der Waals surface area contributed by atoms with Crippen LogP contribution in [0.1, 0.15) is 5.56 Å². The van der Waals surface area contributed by atoms with Crippen LogP contribution in [0.15, 0.2) is 58.2 Å². The molecule has 2 N–H and O–H groups in total. The van der Waals surface area contributed by atoms with Gasteiger partial charge in [0.1, 0.15) is 0 Å². The zero-order valence-electron chi connectivity index (χ0n) is 10.6. The molecule has 0 unspecified atom stereocenters. The summed E-state index contributed by atoms with van der Waals surface area (Å²) in [4.78, 5) is 16.0. The van der Waals surface area contributed by atoms with E-state index in [0.29, 0.717) is 11.0 Å². The second kappa shape index (κ2) is 5.09. The van der Waals surface area contributed by atoms with Gasteiger partial charge in [-0.05, 0) is 27.6 Å². The van der Waals surface area contributed by atoms with Crippen molar-refractivity contribution in [2.24, 2.45) is 0 Å². The minimum Gasteiger partial charge on any atom is -0.394 e. The smallest absolute Gasteiger partial charge is 0.218 e. The van der Waals surface area contributed by atoms with Crippen molar-refractivity contribution in [1.82, 2.24) is 9.55 Å². The fourth-order valence-electron chi connectivity index (χ4n) is 2.20. The van der Waals surface area contributed by atoms with Gasteiger partial charge in [0.15, 0.2) is 0 Å². The van der Waals surface area contributed by atoms with Gasteiger partial charge in [0.25, 0.3) is 0 Å². The van der Waals surface area contributed by atoms with E-state index >= 15 is 0 Å². The average Bonchev–Trinajstić information content (AvgIpc) is 2.45. The van der Waals surface area contributed by atoms with Gasteiger partial charge in [-0.3, -0.25) is 9.78 Å². The Kier molecular flexibility index (Phi) is 3.28. The van der Waals surface area contributed by atoms with Crippen LogP contribution in [-0.4, -0.2) is 9.55 Å². The molecule has 0 aliphatic heterocycles. The normalized spacial score (nSPS) is 10.8. The molecule has 4 nitrogen and oxygen atoms in total. The Labute approximate surface area is 124 Å². The lowest BCUT2D eigenvalue weighted by Gasteiger charge is -2.10. The summed E-state index contributed by atoms with van der Waals surface area (Å²) in [6.07, 6.45) is 5.16. The van der Waals surface area contributed by atoms with Crippen LogP contribution in [0.3, 0.4) is 0 Å². The summed E-state index contributed by atoms with van der Waals surface area (Å²) in [6, 6.07) is 10.0. The number of anilines is 1. The number of hydrogen-bond donors (Lipinski definition) is 1. The maximum atomic E-state index is 11.6. The molecule has 20 heavy (non-hydrogen) atoms. The predicted octanol–water partition coefficient (Wildman–Crippen LogP) is 2.79. The molecule has 0 fully saturated rings. The van der Waals surface area contributed by atoms with Crippen LogP contribution in [0.4, 0.5) is 5.69 Å². The molecule has 2 aromatic heterocycles. The molecule has 0 saturated carbocycles. The van der Waals surface area contributed by atoms with Crippen LogP contribution in [0.2, 0.25) is 0 Å². The van der Waals surface area contributed by atoms with Crippen LogP contribution in [0.5, 0.6) is 0 Å². The lowest BCUT2D eigenvalue weighted by atomic mass is 10.1. The topological polar surface area (TPSA) is 60.9 Å². The van der Waals surface area contributed by atoms with Gasteiger partial charge in [-0.1, -0.05) is 24.3 Å². The molecule has 2 heterocycles. The molecule has 5 heteroatoms. The number of rotatable bonds is 2. The SMILES string of the molecule is Nc1cn(Cc2cccc3cccnc23)cc(Br)c1=O. The highest BCUT2D eigenvalue weighted by atomic mass is 79.9. The molecule has 100 valence electrons. The molecule has 1 aromatic carbocycles. The summed E-state index contributed by atoms with van der Waals surface area (Å²) < 4.78 is 2.34. The second-order valence-electron chi connectivity index (χ2n) is 4.56. The van der Waals surface area contributed by atoms with E-state index in [9.17, 15) is 4.79 Å². The number of aromatic nitrogens is 2. The molecule has 0 atom stereocenters. The van der Waals surface area contributed by atoms with Crippen molar-refractivity contribution >= 4 is 32.5 Å². The zero-order chi connectivity index (χ0) is 14.1. The van der Waals surface area contributed by atoms with Crippen molar-refractivity contribution in [2.45, 2.75) is 6.54 Å². The van der Waals surface area contributed by atoms with Gasteiger partial charge in [0.05, 0.1) is 15.7 Å². The molecular weight excluding hydrogens is 318 g/mol. The molecule has 0 radical (unpaired) electrons. The van der Waals surface area contributed by atoms with Crippen molar-refractivity contribution < 1.29 is 0 Å². The van der Waals surface area contributed by atoms with Crippen LogP contribution in [-0.2, 0) is 6.54 Å². The first-order valence-corrected chi connectivity index (χ1v) is 6.92. The Balaban J connectivity index is 2.08. The number of fused-ring (bicyclic) bond motifs is 1. The third kappa shape index (κ3) is 2.32. The van der Waals surface area contributed by atoms with Gasteiger partial charge in [-0.2, -0.15) is 0 Å². The average molecular weight is 330 g/mol. The van der Waals surface area contributed by atoms with E-state index in [4.69, 9.17) is 5.73 Å². The third-order valence-electron chi connectivity index (χ3n) is 3.13. The van der Waals surface area contributed by atoms with E-state index in [1.807, 2.05) is 34.9 Å². The summed E-state index contributed by atoms with van der Waals surface area (Å²) in [6.45, 7) is 0.609. The minimum absolute atomic E-state index is 0.183. The molecule has 3 rings (SSSR count). The van der Waals surface area contributed by atoms with Crippen LogP contribution in [0, 0.1) is 0 Å². The number of hydrogen-bond acceptors (Lipinski definition) is 3. The number of halogens is 1. The lowest BCUT2D eigenvalue weighted by Crippen LogP contribution is -2.13. The number of para-hydroxylation sites is 1. The van der Waals surface area contributed by atoms with E-state index < -0.39 is 0 Å². The zero-order valence-corrected chi connectivity index (χ0v) is 12.2. The monoisotopic (exact) mass is 329 g/mol. The van der Waals surface area contributed by atoms with E-state index in [0.717, 1.165) is 16.5 Å². The molecule has 0 amide bonds. The van der Waals surface area contributed by atoms with Gasteiger partial charge in [0.2, 0.25) is 5.43 Å². The van der Waals surface area contributed by atoms with E-state index in [1.54, 1.807) is 18.6 Å². The van der Waals surface area contributed by atoms with Crippen LogP contribution < -0.4 is 11.2 Å². The molecular formula is C15H12BrN3O. The highest BCUT2D eigenvalue weighted by molar-refractivity contribution is 9.10. The van der Waals surface area contributed by atoms with Gasteiger partial charge in [-0.15, -0.1) is 0 Å². The Morgan fingerprint density at radius 3 is 2.80 bits per heavy atom. The van der Waals surface area contributed by atoms with Crippen LogP contribution >= 0.6 is 15.9 Å². The minimum atomic E-state index is -0.183. The Morgan fingerprint density at radius 1 is 1.20 bits per heavy atom. The van der Waals surface area contributed by atoms with Crippen molar-refractivity contribution in [1.29, 1.82) is 0 Å². The first kappa shape index (κ1) is 12.9. The third-order valence-corrected chi connectivity index (χ3v) is 3.70. The fourth-order valence-corrected chi connectivity index (χ4v) is 2.69. The van der Waals surface area contributed by atoms with Crippen molar-refractivity contribution in [3.63, 3.8) is 0 Å². The molecule has 0 bridgehead atoms. The number of nitrogen functional groups attached to an aromatic ring is 1. The summed E-state index contributed by atoms with van der Waals surface area (Å²) in [5.41, 5.74) is 7.80. The largest absolute Gasteiger partial charge is 0.394 e. The van der Waals surface area contributed by atoms with E-state index in [2.05, 4.69) is 20.9 Å². The van der Waals surface area contributed by atoms with Gasteiger partial charge < -0.3 is 10.3 Å². The first-order valence-electron chi connectivity index (χ1n) is 6.13. The van der Waals surface area contributed by atoms with E-state index in [1.165, 1.54) is 0 Å². The number of nitrogens with two attached hydrogens (primary N) is 1. The molecule has 0 saturated heterocycles. The van der Waals surface area contributed by atoms with Crippen molar-refractivity contribution in [3.8, 4) is 0 Å². The summed E-state index contributed by atoms with van der Waals surface area (Å²) in [5, 5.41) is 1.10. The predicted molar refractivity (Wildman–Crippen MR) is 83.7 cm³/mol. The fraction of sp³-hybridized carbons (Fsp3) is 0.0667. The molecule has 0 aliphatic carbocycles. The number of pyridine rings is 2. The molecule has 3 aromatic rings.